The fraction of sp³-hybridized carbons (Fsp3) is 0.0833. The minimum absolute atomic E-state index is 0.341. The molecule has 4 heteroatoms. The van der Waals surface area contributed by atoms with E-state index in [1.807, 2.05) is 0 Å². The van der Waals surface area contributed by atoms with E-state index in [0.717, 1.165) is 6.08 Å². The molecule has 0 atom stereocenters. The highest BCUT2D eigenvalue weighted by atomic mass is 19.1. The highest BCUT2D eigenvalue weighted by molar-refractivity contribution is 5.97. The molecule has 0 aliphatic rings. The SMILES string of the molecule is C/C(=C/C(=O)O)c1c[nH]c2c(F)cccc12. The van der Waals surface area contributed by atoms with Crippen LogP contribution in [0.15, 0.2) is 30.5 Å². The molecule has 2 N–H and O–H groups in total. The maximum atomic E-state index is 13.4. The molecule has 0 fully saturated rings. The van der Waals surface area contributed by atoms with Gasteiger partial charge in [0, 0.05) is 23.2 Å². The number of nitrogens with one attached hydrogen (secondary N) is 1. The van der Waals surface area contributed by atoms with Gasteiger partial charge in [0.05, 0.1) is 5.52 Å². The lowest BCUT2D eigenvalue weighted by Crippen LogP contribution is -1.89. The van der Waals surface area contributed by atoms with E-state index in [-0.39, 0.29) is 5.82 Å². The fourth-order valence-electron chi connectivity index (χ4n) is 1.71. The molecule has 2 rings (SSSR count). The van der Waals surface area contributed by atoms with E-state index < -0.39 is 5.97 Å². The first-order valence-corrected chi connectivity index (χ1v) is 4.77. The second-order valence-electron chi connectivity index (χ2n) is 3.53. The Hall–Kier alpha value is -2.10. The summed E-state index contributed by atoms with van der Waals surface area (Å²) in [6, 6.07) is 4.71. The minimum Gasteiger partial charge on any atom is -0.478 e. The molecule has 0 bridgehead atoms. The van der Waals surface area contributed by atoms with E-state index in [0.29, 0.717) is 22.0 Å². The van der Waals surface area contributed by atoms with E-state index in [1.54, 1.807) is 25.3 Å². The van der Waals surface area contributed by atoms with Crippen LogP contribution in [0.5, 0.6) is 0 Å². The monoisotopic (exact) mass is 219 g/mol. The third-order valence-electron chi connectivity index (χ3n) is 2.43. The number of halogens is 1. The smallest absolute Gasteiger partial charge is 0.328 e. The number of aromatic amines is 1. The van der Waals surface area contributed by atoms with Crippen LogP contribution in [0, 0.1) is 5.82 Å². The lowest BCUT2D eigenvalue weighted by atomic mass is 10.1. The molecule has 0 amide bonds. The van der Waals surface area contributed by atoms with Crippen molar-refractivity contribution in [1.82, 2.24) is 4.98 Å². The van der Waals surface area contributed by atoms with Crippen molar-refractivity contribution in [3.05, 3.63) is 41.9 Å². The number of para-hydroxylation sites is 1. The average molecular weight is 219 g/mol. The number of hydrogen-bond acceptors (Lipinski definition) is 1. The quantitative estimate of drug-likeness (QED) is 0.763. The maximum absolute atomic E-state index is 13.4. The molecule has 2 aromatic rings. The molecule has 1 heterocycles. The van der Waals surface area contributed by atoms with Crippen LogP contribution < -0.4 is 0 Å². The van der Waals surface area contributed by atoms with Gasteiger partial charge in [-0.05, 0) is 18.6 Å². The van der Waals surface area contributed by atoms with Crippen LogP contribution in [0.1, 0.15) is 12.5 Å². The molecular formula is C12H10FNO2. The van der Waals surface area contributed by atoms with Crippen molar-refractivity contribution in [1.29, 1.82) is 0 Å². The second kappa shape index (κ2) is 3.81. The van der Waals surface area contributed by atoms with Crippen molar-refractivity contribution in [2.75, 3.05) is 0 Å². The number of carboxylic acids is 1. The summed E-state index contributed by atoms with van der Waals surface area (Å²) in [5, 5.41) is 9.34. The number of carbonyl (C=O) groups is 1. The zero-order chi connectivity index (χ0) is 11.7. The summed E-state index contributed by atoms with van der Waals surface area (Å²) in [4.78, 5) is 13.3. The van der Waals surface area contributed by atoms with Crippen molar-refractivity contribution < 1.29 is 14.3 Å². The Morgan fingerprint density at radius 3 is 2.94 bits per heavy atom. The number of benzene rings is 1. The van der Waals surface area contributed by atoms with Gasteiger partial charge < -0.3 is 10.1 Å². The van der Waals surface area contributed by atoms with Crippen LogP contribution in [-0.2, 0) is 4.79 Å². The van der Waals surface area contributed by atoms with Gasteiger partial charge in [-0.15, -0.1) is 0 Å². The van der Waals surface area contributed by atoms with Gasteiger partial charge in [0.25, 0.3) is 0 Å². The zero-order valence-corrected chi connectivity index (χ0v) is 8.62. The van der Waals surface area contributed by atoms with Crippen molar-refractivity contribution >= 4 is 22.4 Å². The number of carboxylic acid groups (broad SMARTS) is 1. The van der Waals surface area contributed by atoms with Crippen LogP contribution in [0.4, 0.5) is 4.39 Å². The molecule has 0 spiro atoms. The summed E-state index contributed by atoms with van der Waals surface area (Å²) in [6.07, 6.45) is 2.72. The first-order valence-electron chi connectivity index (χ1n) is 4.77. The summed E-state index contributed by atoms with van der Waals surface area (Å²) in [5.74, 6) is -1.35. The predicted octanol–water partition coefficient (Wildman–Crippen LogP) is 2.79. The largest absolute Gasteiger partial charge is 0.478 e. The molecule has 0 aliphatic carbocycles. The van der Waals surface area contributed by atoms with Crippen molar-refractivity contribution in [2.24, 2.45) is 0 Å². The topological polar surface area (TPSA) is 53.1 Å². The molecule has 0 saturated carbocycles. The molecule has 82 valence electrons. The van der Waals surface area contributed by atoms with Gasteiger partial charge in [0.1, 0.15) is 5.82 Å². The third-order valence-corrected chi connectivity index (χ3v) is 2.43. The Bertz CT molecular complexity index is 584. The number of aromatic nitrogens is 1. The number of rotatable bonds is 2. The van der Waals surface area contributed by atoms with Crippen molar-refractivity contribution in [2.45, 2.75) is 6.92 Å². The lowest BCUT2D eigenvalue weighted by Gasteiger charge is -1.98. The van der Waals surface area contributed by atoms with Crippen LogP contribution in [0.2, 0.25) is 0 Å². The summed E-state index contributed by atoms with van der Waals surface area (Å²) in [6.45, 7) is 1.68. The molecule has 0 aliphatic heterocycles. The van der Waals surface area contributed by atoms with Gasteiger partial charge in [-0.2, -0.15) is 0 Å². The first-order chi connectivity index (χ1) is 7.59. The summed E-state index contributed by atoms with van der Waals surface area (Å²) in [5.41, 5.74) is 1.69. The average Bonchev–Trinajstić information content (AvgIpc) is 2.61. The molecule has 1 aromatic heterocycles. The molecule has 0 unspecified atom stereocenters. The summed E-state index contributed by atoms with van der Waals surface area (Å²) < 4.78 is 13.4. The minimum atomic E-state index is -1.01. The maximum Gasteiger partial charge on any atom is 0.328 e. The molecule has 16 heavy (non-hydrogen) atoms. The van der Waals surface area contributed by atoms with E-state index in [9.17, 15) is 9.18 Å². The number of hydrogen-bond donors (Lipinski definition) is 2. The van der Waals surface area contributed by atoms with E-state index >= 15 is 0 Å². The summed E-state index contributed by atoms with van der Waals surface area (Å²) >= 11 is 0. The number of H-pyrrole nitrogens is 1. The first kappa shape index (κ1) is 10.4. The third kappa shape index (κ3) is 1.69. The fourth-order valence-corrected chi connectivity index (χ4v) is 1.71. The highest BCUT2D eigenvalue weighted by Crippen LogP contribution is 2.26. The number of allylic oxidation sites excluding steroid dienone is 1. The van der Waals surface area contributed by atoms with Gasteiger partial charge in [0.2, 0.25) is 0 Å². The second-order valence-corrected chi connectivity index (χ2v) is 3.53. The van der Waals surface area contributed by atoms with Crippen molar-refractivity contribution in [3.63, 3.8) is 0 Å². The Balaban J connectivity index is 2.63. The van der Waals surface area contributed by atoms with Crippen LogP contribution in [-0.4, -0.2) is 16.1 Å². The van der Waals surface area contributed by atoms with Crippen LogP contribution in [0.25, 0.3) is 16.5 Å². The Labute approximate surface area is 91.2 Å². The standard InChI is InChI=1S/C12H10FNO2/c1-7(5-11(15)16)9-6-14-12-8(9)3-2-4-10(12)13/h2-6,14H,1H3,(H,15,16)/b7-5-. The molecular weight excluding hydrogens is 209 g/mol. The van der Waals surface area contributed by atoms with Gasteiger partial charge >= 0.3 is 5.97 Å². The van der Waals surface area contributed by atoms with E-state index in [2.05, 4.69) is 4.98 Å². The number of fused-ring (bicyclic) bond motifs is 1. The number of aliphatic carboxylic acids is 1. The molecule has 1 aromatic carbocycles. The van der Waals surface area contributed by atoms with E-state index in [4.69, 9.17) is 5.11 Å². The molecule has 3 nitrogen and oxygen atoms in total. The van der Waals surface area contributed by atoms with Gasteiger partial charge in [-0.3, -0.25) is 0 Å². The van der Waals surface area contributed by atoms with Gasteiger partial charge in [-0.1, -0.05) is 12.1 Å². The normalized spacial score (nSPS) is 12.0. The summed E-state index contributed by atoms with van der Waals surface area (Å²) in [7, 11) is 0. The Morgan fingerprint density at radius 1 is 1.50 bits per heavy atom. The van der Waals surface area contributed by atoms with Gasteiger partial charge in [-0.25, -0.2) is 9.18 Å². The highest BCUT2D eigenvalue weighted by Gasteiger charge is 2.08. The van der Waals surface area contributed by atoms with Crippen LogP contribution >= 0.6 is 0 Å². The Morgan fingerprint density at radius 2 is 2.25 bits per heavy atom. The van der Waals surface area contributed by atoms with Crippen LogP contribution in [0.3, 0.4) is 0 Å². The lowest BCUT2D eigenvalue weighted by molar-refractivity contribution is -0.131. The Kier molecular flexibility index (Phi) is 2.48. The van der Waals surface area contributed by atoms with E-state index in [1.165, 1.54) is 6.07 Å². The zero-order valence-electron chi connectivity index (χ0n) is 8.62. The molecule has 0 saturated heterocycles. The van der Waals surface area contributed by atoms with Crippen molar-refractivity contribution in [3.8, 4) is 0 Å². The molecule has 0 radical (unpaired) electrons. The van der Waals surface area contributed by atoms with Gasteiger partial charge in [0.15, 0.2) is 0 Å². The predicted molar refractivity (Wildman–Crippen MR) is 59.5 cm³/mol.